The van der Waals surface area contributed by atoms with Crippen molar-refractivity contribution in [1.82, 2.24) is 4.98 Å². The predicted octanol–water partition coefficient (Wildman–Crippen LogP) is 6.21. The van der Waals surface area contributed by atoms with E-state index in [4.69, 9.17) is 17.3 Å². The molecule has 3 rings (SSSR count). The molecule has 1 aliphatic rings. The van der Waals surface area contributed by atoms with Gasteiger partial charge in [0.15, 0.2) is 0 Å². The number of nitriles is 1. The number of fused-ring (bicyclic) bond motifs is 1. The molecular weight excluding hydrogens is 361 g/mol. The van der Waals surface area contributed by atoms with Gasteiger partial charge in [-0.3, -0.25) is 0 Å². The maximum Gasteiger partial charge on any atom is 0.142 e. The van der Waals surface area contributed by atoms with Gasteiger partial charge in [-0.2, -0.15) is 5.26 Å². The van der Waals surface area contributed by atoms with E-state index < -0.39 is 5.82 Å². The summed E-state index contributed by atoms with van der Waals surface area (Å²) in [5.41, 5.74) is 8.98. The zero-order chi connectivity index (χ0) is 19.2. The number of rotatable bonds is 1. The van der Waals surface area contributed by atoms with Crippen molar-refractivity contribution in [3.8, 4) is 17.2 Å². The quantitative estimate of drug-likeness (QED) is 0.634. The Kier molecular flexibility index (Phi) is 6.68. The molecule has 0 spiro atoms. The Morgan fingerprint density at radius 3 is 2.22 bits per heavy atom. The van der Waals surface area contributed by atoms with Gasteiger partial charge in [-0.25, -0.2) is 9.37 Å². The first-order valence-electron chi connectivity index (χ1n) is 9.79. The summed E-state index contributed by atoms with van der Waals surface area (Å²) in [7, 11) is 0. The predicted molar refractivity (Wildman–Crippen MR) is 108 cm³/mol. The first-order chi connectivity index (χ1) is 13.1. The van der Waals surface area contributed by atoms with Crippen molar-refractivity contribution >= 4 is 17.4 Å². The lowest BCUT2D eigenvalue weighted by atomic mass is 9.88. The second kappa shape index (κ2) is 9.19. The van der Waals surface area contributed by atoms with Crippen LogP contribution in [0.4, 0.5) is 10.2 Å². The maximum atomic E-state index is 14.7. The van der Waals surface area contributed by atoms with Gasteiger partial charge in [0.1, 0.15) is 23.3 Å². The van der Waals surface area contributed by atoms with Crippen LogP contribution in [0.3, 0.4) is 0 Å². The standard InChI is InChI=1S/C22H25ClFN3/c23-17-11-9-12-18(24)21(17)20-15-10-7-5-3-1-2-4-6-8-13-19(15)27-22(26)16(20)14-25/h9,11-12H,1-8,10,13H2,(H2,26,27). The van der Waals surface area contributed by atoms with Crippen LogP contribution in [0.25, 0.3) is 11.1 Å². The third-order valence-electron chi connectivity index (χ3n) is 5.33. The molecule has 0 fully saturated rings. The van der Waals surface area contributed by atoms with Crippen LogP contribution in [0, 0.1) is 17.1 Å². The summed E-state index contributed by atoms with van der Waals surface area (Å²) >= 11 is 6.36. The van der Waals surface area contributed by atoms with Crippen molar-refractivity contribution in [2.24, 2.45) is 0 Å². The number of nitrogens with zero attached hydrogens (tertiary/aromatic N) is 2. The Bertz CT molecular complexity index is 837. The van der Waals surface area contributed by atoms with Crippen LogP contribution in [-0.4, -0.2) is 4.98 Å². The Labute approximate surface area is 165 Å². The molecule has 1 heterocycles. The fraction of sp³-hybridized carbons (Fsp3) is 0.455. The van der Waals surface area contributed by atoms with Crippen molar-refractivity contribution in [1.29, 1.82) is 5.26 Å². The molecule has 1 aliphatic carbocycles. The van der Waals surface area contributed by atoms with Crippen molar-refractivity contribution in [3.63, 3.8) is 0 Å². The second-order valence-electron chi connectivity index (χ2n) is 7.21. The molecule has 2 aromatic rings. The topological polar surface area (TPSA) is 62.7 Å². The van der Waals surface area contributed by atoms with E-state index in [1.54, 1.807) is 12.1 Å². The Balaban J connectivity index is 2.19. The van der Waals surface area contributed by atoms with Crippen molar-refractivity contribution < 1.29 is 4.39 Å². The fourth-order valence-electron chi connectivity index (χ4n) is 3.95. The van der Waals surface area contributed by atoms with E-state index in [0.29, 0.717) is 10.6 Å². The summed E-state index contributed by atoms with van der Waals surface area (Å²) in [6.07, 6.45) is 10.8. The summed E-state index contributed by atoms with van der Waals surface area (Å²) in [4.78, 5) is 4.55. The Hall–Kier alpha value is -2.12. The van der Waals surface area contributed by atoms with Crippen LogP contribution in [0.5, 0.6) is 0 Å². The van der Waals surface area contributed by atoms with Crippen molar-refractivity contribution in [2.75, 3.05) is 5.73 Å². The third kappa shape index (κ3) is 4.42. The minimum atomic E-state index is -0.432. The first-order valence-corrected chi connectivity index (χ1v) is 10.2. The van der Waals surface area contributed by atoms with Crippen LogP contribution < -0.4 is 5.73 Å². The van der Waals surface area contributed by atoms with E-state index in [2.05, 4.69) is 11.1 Å². The lowest BCUT2D eigenvalue weighted by molar-refractivity contribution is 0.557. The number of aryl methyl sites for hydroxylation is 1. The highest BCUT2D eigenvalue weighted by Gasteiger charge is 2.23. The summed E-state index contributed by atoms with van der Waals surface area (Å²) in [6.45, 7) is 0. The SMILES string of the molecule is N#Cc1c(N)nc2c(c1-c1c(F)cccc1Cl)CCCCCCCCCC2. The van der Waals surface area contributed by atoms with Crippen molar-refractivity contribution in [3.05, 3.63) is 45.9 Å². The van der Waals surface area contributed by atoms with E-state index in [9.17, 15) is 9.65 Å². The molecule has 0 aliphatic heterocycles. The van der Waals surface area contributed by atoms with Gasteiger partial charge in [0.2, 0.25) is 0 Å². The summed E-state index contributed by atoms with van der Waals surface area (Å²) in [6, 6.07) is 6.74. The number of anilines is 1. The number of halogens is 2. The number of nitrogen functional groups attached to an aromatic ring is 1. The van der Waals surface area contributed by atoms with Gasteiger partial charge in [-0.1, -0.05) is 56.2 Å². The number of pyridine rings is 1. The largest absolute Gasteiger partial charge is 0.383 e. The zero-order valence-corrected chi connectivity index (χ0v) is 16.3. The lowest BCUT2D eigenvalue weighted by Crippen LogP contribution is -2.10. The van der Waals surface area contributed by atoms with Gasteiger partial charge < -0.3 is 5.73 Å². The smallest absolute Gasteiger partial charge is 0.142 e. The number of hydrogen-bond donors (Lipinski definition) is 1. The van der Waals surface area contributed by atoms with E-state index >= 15 is 0 Å². The molecule has 1 aromatic heterocycles. The molecule has 0 saturated carbocycles. The molecule has 0 amide bonds. The highest BCUT2D eigenvalue weighted by Crippen LogP contribution is 2.39. The van der Waals surface area contributed by atoms with Gasteiger partial charge >= 0.3 is 0 Å². The summed E-state index contributed by atoms with van der Waals surface area (Å²) in [5, 5.41) is 10.0. The molecule has 0 saturated heterocycles. The number of benzene rings is 1. The molecule has 5 heteroatoms. The monoisotopic (exact) mass is 385 g/mol. The molecule has 0 unspecified atom stereocenters. The second-order valence-corrected chi connectivity index (χ2v) is 7.62. The van der Waals surface area contributed by atoms with Gasteiger partial charge in [0.05, 0.1) is 5.02 Å². The molecule has 142 valence electrons. The van der Waals surface area contributed by atoms with Gasteiger partial charge in [-0.05, 0) is 43.4 Å². The maximum absolute atomic E-state index is 14.7. The number of hydrogen-bond acceptors (Lipinski definition) is 3. The molecule has 0 bridgehead atoms. The first kappa shape index (κ1) is 19.6. The molecule has 0 atom stereocenters. The zero-order valence-electron chi connectivity index (χ0n) is 15.5. The normalized spacial score (nSPS) is 15.9. The Morgan fingerprint density at radius 2 is 1.59 bits per heavy atom. The summed E-state index contributed by atoms with van der Waals surface area (Å²) < 4.78 is 14.7. The van der Waals surface area contributed by atoms with E-state index in [1.165, 1.54) is 31.7 Å². The number of nitrogens with two attached hydrogens (primary N) is 1. The molecule has 3 nitrogen and oxygen atoms in total. The average molecular weight is 386 g/mol. The van der Waals surface area contributed by atoms with Gasteiger partial charge in [0.25, 0.3) is 0 Å². The van der Waals surface area contributed by atoms with Crippen LogP contribution in [-0.2, 0) is 12.8 Å². The van der Waals surface area contributed by atoms with Crippen LogP contribution in [0.15, 0.2) is 18.2 Å². The van der Waals surface area contributed by atoms with Crippen LogP contribution in [0.1, 0.15) is 68.2 Å². The molecule has 1 aromatic carbocycles. The van der Waals surface area contributed by atoms with E-state index in [-0.39, 0.29) is 16.9 Å². The van der Waals surface area contributed by atoms with E-state index in [1.807, 2.05) is 0 Å². The molecule has 27 heavy (non-hydrogen) atoms. The average Bonchev–Trinajstić information content (AvgIpc) is 2.63. The van der Waals surface area contributed by atoms with Crippen LogP contribution in [0.2, 0.25) is 5.02 Å². The molecule has 2 N–H and O–H groups in total. The third-order valence-corrected chi connectivity index (χ3v) is 5.64. The summed E-state index contributed by atoms with van der Waals surface area (Å²) in [5.74, 6) is -0.268. The van der Waals surface area contributed by atoms with Gasteiger partial charge in [0, 0.05) is 16.8 Å². The molecular formula is C22H25ClFN3. The van der Waals surface area contributed by atoms with E-state index in [0.717, 1.165) is 49.8 Å². The van der Waals surface area contributed by atoms with Crippen molar-refractivity contribution in [2.45, 2.75) is 64.2 Å². The Morgan fingerprint density at radius 1 is 0.963 bits per heavy atom. The minimum Gasteiger partial charge on any atom is -0.383 e. The van der Waals surface area contributed by atoms with Gasteiger partial charge in [-0.15, -0.1) is 0 Å². The highest BCUT2D eigenvalue weighted by atomic mass is 35.5. The fourth-order valence-corrected chi connectivity index (χ4v) is 4.21. The molecule has 0 radical (unpaired) electrons. The number of aromatic nitrogens is 1. The minimum absolute atomic E-state index is 0.165. The lowest BCUT2D eigenvalue weighted by Gasteiger charge is -2.19. The van der Waals surface area contributed by atoms with Crippen LogP contribution >= 0.6 is 11.6 Å². The highest BCUT2D eigenvalue weighted by molar-refractivity contribution is 6.33.